The van der Waals surface area contributed by atoms with Crippen molar-refractivity contribution in [1.29, 1.82) is 0 Å². The summed E-state index contributed by atoms with van der Waals surface area (Å²) in [6.45, 7) is 4.18. The first-order chi connectivity index (χ1) is 6.75. The molecule has 0 radical (unpaired) electrons. The Balaban J connectivity index is 1.91. The lowest BCUT2D eigenvalue weighted by molar-refractivity contribution is 0.458. The Morgan fingerprint density at radius 1 is 1.36 bits per heavy atom. The summed E-state index contributed by atoms with van der Waals surface area (Å²) in [5.41, 5.74) is 0. The summed E-state index contributed by atoms with van der Waals surface area (Å²) in [5, 5.41) is 14.0. The molecule has 1 heterocycles. The minimum absolute atomic E-state index is 0.365. The smallest absolute Gasteiger partial charge is 0.134 e. The second-order valence-corrected chi connectivity index (χ2v) is 5.24. The molecule has 4 heteroatoms. The van der Waals surface area contributed by atoms with Crippen LogP contribution in [-0.4, -0.2) is 16.2 Å². The summed E-state index contributed by atoms with van der Waals surface area (Å²) in [7, 11) is 0. The monoisotopic (exact) mass is 211 g/mol. The minimum Gasteiger partial charge on any atom is -0.305 e. The van der Waals surface area contributed by atoms with Crippen LogP contribution in [0.15, 0.2) is 0 Å². The predicted molar refractivity (Wildman–Crippen MR) is 58.5 cm³/mol. The van der Waals surface area contributed by atoms with Crippen LogP contribution in [0.4, 0.5) is 0 Å². The lowest BCUT2D eigenvalue weighted by Gasteiger charge is -2.16. The van der Waals surface area contributed by atoms with Crippen molar-refractivity contribution < 1.29 is 0 Å². The summed E-state index contributed by atoms with van der Waals surface area (Å²) >= 11 is 1.69. The Morgan fingerprint density at radius 3 is 2.64 bits per heavy atom. The zero-order chi connectivity index (χ0) is 9.97. The molecule has 1 N–H and O–H groups in total. The van der Waals surface area contributed by atoms with E-state index in [-0.39, 0.29) is 0 Å². The van der Waals surface area contributed by atoms with Gasteiger partial charge < -0.3 is 5.32 Å². The first-order valence-electron chi connectivity index (χ1n) is 5.32. The van der Waals surface area contributed by atoms with E-state index >= 15 is 0 Å². The van der Waals surface area contributed by atoms with Gasteiger partial charge in [-0.15, -0.1) is 21.5 Å². The molecule has 1 aliphatic carbocycles. The summed E-state index contributed by atoms with van der Waals surface area (Å²) in [5.74, 6) is 0. The van der Waals surface area contributed by atoms with Crippen molar-refractivity contribution >= 4 is 11.3 Å². The van der Waals surface area contributed by atoms with Gasteiger partial charge in [-0.3, -0.25) is 0 Å². The molecule has 0 bridgehead atoms. The standard InChI is InChI=1S/C10H17N3S/c1-7(10-13-12-8(2)14-10)11-9-5-3-4-6-9/h7,9,11H,3-6H2,1-2H3. The largest absolute Gasteiger partial charge is 0.305 e. The van der Waals surface area contributed by atoms with Gasteiger partial charge >= 0.3 is 0 Å². The number of aryl methyl sites for hydroxylation is 1. The van der Waals surface area contributed by atoms with Crippen LogP contribution in [0.25, 0.3) is 0 Å². The molecule has 78 valence electrons. The molecule has 1 atom stereocenters. The molecule has 0 spiro atoms. The molecule has 1 saturated carbocycles. The van der Waals surface area contributed by atoms with Gasteiger partial charge in [0.05, 0.1) is 6.04 Å². The zero-order valence-electron chi connectivity index (χ0n) is 8.79. The maximum absolute atomic E-state index is 4.16. The summed E-state index contributed by atoms with van der Waals surface area (Å²) < 4.78 is 0. The van der Waals surface area contributed by atoms with E-state index in [1.165, 1.54) is 25.7 Å². The van der Waals surface area contributed by atoms with Crippen LogP contribution in [0.1, 0.15) is 48.7 Å². The van der Waals surface area contributed by atoms with E-state index in [0.29, 0.717) is 12.1 Å². The molecule has 0 saturated heterocycles. The fourth-order valence-corrected chi connectivity index (χ4v) is 2.71. The first kappa shape index (κ1) is 10.1. The van der Waals surface area contributed by atoms with Gasteiger partial charge in [0, 0.05) is 6.04 Å². The first-order valence-corrected chi connectivity index (χ1v) is 6.13. The molecule has 2 rings (SSSR count). The number of hydrogen-bond acceptors (Lipinski definition) is 4. The minimum atomic E-state index is 0.365. The van der Waals surface area contributed by atoms with Crippen molar-refractivity contribution in [2.75, 3.05) is 0 Å². The number of nitrogens with one attached hydrogen (secondary N) is 1. The van der Waals surface area contributed by atoms with E-state index in [0.717, 1.165) is 10.0 Å². The summed E-state index contributed by atoms with van der Waals surface area (Å²) in [6.07, 6.45) is 5.39. The third-order valence-electron chi connectivity index (χ3n) is 2.75. The van der Waals surface area contributed by atoms with Crippen LogP contribution >= 0.6 is 11.3 Å². The molecule has 1 fully saturated rings. The quantitative estimate of drug-likeness (QED) is 0.834. The second kappa shape index (κ2) is 4.36. The van der Waals surface area contributed by atoms with Gasteiger partial charge in [0.15, 0.2) is 0 Å². The van der Waals surface area contributed by atoms with Crippen molar-refractivity contribution in [3.63, 3.8) is 0 Å². The normalized spacial score (nSPS) is 20.1. The average molecular weight is 211 g/mol. The van der Waals surface area contributed by atoms with E-state index in [4.69, 9.17) is 0 Å². The van der Waals surface area contributed by atoms with Crippen LogP contribution in [0, 0.1) is 6.92 Å². The van der Waals surface area contributed by atoms with Crippen molar-refractivity contribution in [3.05, 3.63) is 10.0 Å². The van der Waals surface area contributed by atoms with Crippen molar-refractivity contribution in [2.45, 2.75) is 51.6 Å². The van der Waals surface area contributed by atoms with Gasteiger partial charge in [-0.1, -0.05) is 12.8 Å². The average Bonchev–Trinajstić information content (AvgIpc) is 2.75. The summed E-state index contributed by atoms with van der Waals surface area (Å²) in [4.78, 5) is 0. The van der Waals surface area contributed by atoms with Gasteiger partial charge in [-0.2, -0.15) is 0 Å². The number of aromatic nitrogens is 2. The van der Waals surface area contributed by atoms with Crippen LogP contribution in [0.3, 0.4) is 0 Å². The Kier molecular flexibility index (Phi) is 3.13. The topological polar surface area (TPSA) is 37.8 Å². The van der Waals surface area contributed by atoms with Crippen molar-refractivity contribution in [2.24, 2.45) is 0 Å². The molecule has 1 aromatic rings. The molecule has 0 aromatic carbocycles. The van der Waals surface area contributed by atoms with E-state index in [1.807, 2.05) is 6.92 Å². The second-order valence-electron chi connectivity index (χ2n) is 4.03. The lowest BCUT2D eigenvalue weighted by Crippen LogP contribution is -2.28. The van der Waals surface area contributed by atoms with Crippen LogP contribution < -0.4 is 5.32 Å². The Hall–Kier alpha value is -0.480. The molecule has 1 unspecified atom stereocenters. The Bertz CT molecular complexity index is 291. The van der Waals surface area contributed by atoms with Gasteiger partial charge in [-0.25, -0.2) is 0 Å². The molecular formula is C10H17N3S. The van der Waals surface area contributed by atoms with E-state index in [1.54, 1.807) is 11.3 Å². The van der Waals surface area contributed by atoms with E-state index in [9.17, 15) is 0 Å². The summed E-state index contributed by atoms with van der Waals surface area (Å²) in [6, 6.07) is 1.07. The van der Waals surface area contributed by atoms with Gasteiger partial charge in [-0.05, 0) is 26.7 Å². The fraction of sp³-hybridized carbons (Fsp3) is 0.800. The zero-order valence-corrected chi connectivity index (χ0v) is 9.60. The third kappa shape index (κ3) is 2.30. The maximum atomic E-state index is 4.16. The van der Waals surface area contributed by atoms with Crippen molar-refractivity contribution in [3.8, 4) is 0 Å². The molecule has 1 aliphatic rings. The predicted octanol–water partition coefficient (Wildman–Crippen LogP) is 2.44. The van der Waals surface area contributed by atoms with Crippen molar-refractivity contribution in [1.82, 2.24) is 15.5 Å². The Morgan fingerprint density at radius 2 is 2.07 bits per heavy atom. The number of hydrogen-bond donors (Lipinski definition) is 1. The Labute approximate surface area is 88.9 Å². The number of nitrogens with zero attached hydrogens (tertiary/aromatic N) is 2. The lowest BCUT2D eigenvalue weighted by atomic mass is 10.2. The highest BCUT2D eigenvalue weighted by atomic mass is 32.1. The molecule has 14 heavy (non-hydrogen) atoms. The highest BCUT2D eigenvalue weighted by molar-refractivity contribution is 7.11. The highest BCUT2D eigenvalue weighted by Crippen LogP contribution is 2.23. The van der Waals surface area contributed by atoms with Crippen LogP contribution in [0.5, 0.6) is 0 Å². The SMILES string of the molecule is Cc1nnc(C(C)NC2CCCC2)s1. The molecular weight excluding hydrogens is 194 g/mol. The fourth-order valence-electron chi connectivity index (χ4n) is 2.00. The van der Waals surface area contributed by atoms with E-state index in [2.05, 4.69) is 22.4 Å². The van der Waals surface area contributed by atoms with Crippen LogP contribution in [-0.2, 0) is 0 Å². The molecule has 1 aromatic heterocycles. The van der Waals surface area contributed by atoms with Gasteiger partial charge in [0.2, 0.25) is 0 Å². The maximum Gasteiger partial charge on any atom is 0.134 e. The third-order valence-corrected chi connectivity index (χ3v) is 3.77. The molecule has 0 amide bonds. The molecule has 3 nitrogen and oxygen atoms in total. The van der Waals surface area contributed by atoms with Gasteiger partial charge in [0.25, 0.3) is 0 Å². The van der Waals surface area contributed by atoms with E-state index < -0.39 is 0 Å². The van der Waals surface area contributed by atoms with Crippen LogP contribution in [0.2, 0.25) is 0 Å². The number of rotatable bonds is 3. The highest BCUT2D eigenvalue weighted by Gasteiger charge is 2.19. The molecule has 0 aliphatic heterocycles. The van der Waals surface area contributed by atoms with Gasteiger partial charge in [0.1, 0.15) is 10.0 Å².